The first-order chi connectivity index (χ1) is 9.73. The van der Waals surface area contributed by atoms with E-state index in [-0.39, 0.29) is 0 Å². The fourth-order valence-corrected chi connectivity index (χ4v) is 2.02. The van der Waals surface area contributed by atoms with E-state index < -0.39 is 5.60 Å². The molecule has 1 nitrogen and oxygen atoms in total. The monoisotopic (exact) mass is 290 g/mol. The summed E-state index contributed by atoms with van der Waals surface area (Å²) in [5.41, 5.74) is 3.41. The Morgan fingerprint density at radius 2 is 1.48 bits per heavy atom. The van der Waals surface area contributed by atoms with E-state index in [1.807, 2.05) is 13.0 Å². The molecule has 120 valence electrons. The standard InChI is InChI=1S/C20H34O/c1-17(2)11-9-14-19(5)13-7-8-15-20(6,21)16-10-12-18(3)4/h8,11-13,15,21H,7,9-10,14,16H2,1-6H3/b15-8+,19-13+/t20-/m0/s1. The Bertz CT molecular complexity index is 398. The first-order valence-electron chi connectivity index (χ1n) is 8.05. The second kappa shape index (κ2) is 10.6. The zero-order valence-corrected chi connectivity index (χ0v) is 14.9. The van der Waals surface area contributed by atoms with E-state index in [4.69, 9.17) is 0 Å². The maximum Gasteiger partial charge on any atom is 0.0802 e. The average molecular weight is 290 g/mol. The summed E-state index contributed by atoms with van der Waals surface area (Å²) >= 11 is 0. The van der Waals surface area contributed by atoms with Crippen LogP contribution in [0.4, 0.5) is 0 Å². The Labute approximate surface area is 132 Å². The van der Waals surface area contributed by atoms with Gasteiger partial charge in [-0.05, 0) is 73.6 Å². The van der Waals surface area contributed by atoms with Crippen molar-refractivity contribution in [3.05, 3.63) is 47.1 Å². The van der Waals surface area contributed by atoms with Crippen LogP contribution >= 0.6 is 0 Å². The summed E-state index contributed by atoms with van der Waals surface area (Å²) in [6.07, 6.45) is 15.6. The van der Waals surface area contributed by atoms with Crippen LogP contribution in [-0.2, 0) is 0 Å². The highest BCUT2D eigenvalue weighted by molar-refractivity contribution is 5.07. The molecule has 1 N–H and O–H groups in total. The lowest BCUT2D eigenvalue weighted by Crippen LogP contribution is -2.19. The van der Waals surface area contributed by atoms with Crippen LogP contribution in [0.2, 0.25) is 0 Å². The number of hydrogen-bond acceptors (Lipinski definition) is 1. The highest BCUT2D eigenvalue weighted by Gasteiger charge is 2.14. The van der Waals surface area contributed by atoms with Gasteiger partial charge < -0.3 is 5.11 Å². The van der Waals surface area contributed by atoms with Crippen LogP contribution in [0.25, 0.3) is 0 Å². The fourth-order valence-electron chi connectivity index (χ4n) is 2.02. The van der Waals surface area contributed by atoms with Gasteiger partial charge in [-0.3, -0.25) is 0 Å². The summed E-state index contributed by atoms with van der Waals surface area (Å²) in [5.74, 6) is 0. The number of aliphatic hydroxyl groups is 1. The third-order valence-corrected chi connectivity index (χ3v) is 3.37. The number of rotatable bonds is 9. The van der Waals surface area contributed by atoms with E-state index in [0.717, 1.165) is 32.1 Å². The van der Waals surface area contributed by atoms with Crippen LogP contribution in [0, 0.1) is 0 Å². The molecule has 0 bridgehead atoms. The number of allylic oxidation sites excluding steroid dienone is 7. The largest absolute Gasteiger partial charge is 0.386 e. The Morgan fingerprint density at radius 3 is 2.05 bits per heavy atom. The van der Waals surface area contributed by atoms with E-state index in [9.17, 15) is 5.11 Å². The van der Waals surface area contributed by atoms with Gasteiger partial charge in [-0.25, -0.2) is 0 Å². The molecule has 0 spiro atoms. The minimum absolute atomic E-state index is 0.699. The maximum atomic E-state index is 10.3. The molecule has 0 aliphatic rings. The van der Waals surface area contributed by atoms with Gasteiger partial charge in [0.25, 0.3) is 0 Å². The molecule has 0 aromatic carbocycles. The van der Waals surface area contributed by atoms with Gasteiger partial charge in [-0.15, -0.1) is 0 Å². The summed E-state index contributed by atoms with van der Waals surface area (Å²) in [5, 5.41) is 10.3. The fraction of sp³-hybridized carbons (Fsp3) is 0.600. The van der Waals surface area contributed by atoms with Crippen molar-refractivity contribution >= 4 is 0 Å². The summed E-state index contributed by atoms with van der Waals surface area (Å²) in [6, 6.07) is 0. The molecule has 0 radical (unpaired) electrons. The average Bonchev–Trinajstić information content (AvgIpc) is 2.33. The van der Waals surface area contributed by atoms with Crippen molar-refractivity contribution < 1.29 is 5.11 Å². The molecule has 0 heterocycles. The van der Waals surface area contributed by atoms with Gasteiger partial charge in [-0.2, -0.15) is 0 Å². The van der Waals surface area contributed by atoms with Crippen LogP contribution in [-0.4, -0.2) is 10.7 Å². The molecule has 1 heteroatoms. The molecule has 0 aliphatic carbocycles. The first kappa shape index (κ1) is 19.9. The summed E-state index contributed by atoms with van der Waals surface area (Å²) in [6.45, 7) is 12.5. The molecule has 0 fully saturated rings. The predicted octanol–water partition coefficient (Wildman–Crippen LogP) is 6.12. The number of hydrogen-bond donors (Lipinski definition) is 1. The van der Waals surface area contributed by atoms with Gasteiger partial charge in [-0.1, -0.05) is 47.1 Å². The molecular formula is C20H34O. The maximum absolute atomic E-state index is 10.3. The van der Waals surface area contributed by atoms with Crippen molar-refractivity contribution in [3.63, 3.8) is 0 Å². The predicted molar refractivity (Wildman–Crippen MR) is 95.5 cm³/mol. The Hall–Kier alpha value is -1.08. The molecule has 0 amide bonds. The van der Waals surface area contributed by atoms with Crippen molar-refractivity contribution in [2.45, 2.75) is 79.2 Å². The zero-order chi connectivity index (χ0) is 16.3. The molecule has 1 atom stereocenters. The zero-order valence-electron chi connectivity index (χ0n) is 14.9. The van der Waals surface area contributed by atoms with E-state index in [1.54, 1.807) is 0 Å². The van der Waals surface area contributed by atoms with Crippen LogP contribution in [0.5, 0.6) is 0 Å². The van der Waals surface area contributed by atoms with E-state index in [2.05, 4.69) is 58.9 Å². The second-order valence-corrected chi connectivity index (χ2v) is 6.69. The quantitative estimate of drug-likeness (QED) is 0.507. The molecule has 0 aromatic rings. The van der Waals surface area contributed by atoms with Gasteiger partial charge in [0.05, 0.1) is 5.60 Å². The van der Waals surface area contributed by atoms with Crippen molar-refractivity contribution in [2.24, 2.45) is 0 Å². The minimum atomic E-state index is -0.699. The van der Waals surface area contributed by atoms with Gasteiger partial charge in [0.15, 0.2) is 0 Å². The molecule has 0 saturated carbocycles. The van der Waals surface area contributed by atoms with Gasteiger partial charge in [0.1, 0.15) is 0 Å². The van der Waals surface area contributed by atoms with E-state index >= 15 is 0 Å². The van der Waals surface area contributed by atoms with Crippen LogP contribution in [0.1, 0.15) is 73.6 Å². The summed E-state index contributed by atoms with van der Waals surface area (Å²) in [7, 11) is 0. The first-order valence-corrected chi connectivity index (χ1v) is 8.05. The molecule has 0 saturated heterocycles. The Morgan fingerprint density at radius 1 is 0.905 bits per heavy atom. The lowest BCUT2D eigenvalue weighted by molar-refractivity contribution is 0.103. The van der Waals surface area contributed by atoms with Gasteiger partial charge >= 0.3 is 0 Å². The topological polar surface area (TPSA) is 20.2 Å². The molecule has 0 aliphatic heterocycles. The lowest BCUT2D eigenvalue weighted by Gasteiger charge is -2.17. The van der Waals surface area contributed by atoms with E-state index in [0.29, 0.717) is 0 Å². The summed E-state index contributed by atoms with van der Waals surface area (Å²) in [4.78, 5) is 0. The lowest BCUT2D eigenvalue weighted by atomic mass is 9.98. The molecule has 0 aromatic heterocycles. The molecule has 0 unspecified atom stereocenters. The molecular weight excluding hydrogens is 256 g/mol. The highest BCUT2D eigenvalue weighted by Crippen LogP contribution is 2.16. The van der Waals surface area contributed by atoms with Crippen molar-refractivity contribution in [2.75, 3.05) is 0 Å². The molecule has 21 heavy (non-hydrogen) atoms. The van der Waals surface area contributed by atoms with E-state index in [1.165, 1.54) is 16.7 Å². The van der Waals surface area contributed by atoms with Crippen molar-refractivity contribution in [1.82, 2.24) is 0 Å². The van der Waals surface area contributed by atoms with Crippen LogP contribution in [0.3, 0.4) is 0 Å². The third-order valence-electron chi connectivity index (χ3n) is 3.37. The minimum Gasteiger partial charge on any atom is -0.386 e. The van der Waals surface area contributed by atoms with Crippen LogP contribution < -0.4 is 0 Å². The molecule has 0 rings (SSSR count). The van der Waals surface area contributed by atoms with Gasteiger partial charge in [0.2, 0.25) is 0 Å². The summed E-state index contributed by atoms with van der Waals surface area (Å²) < 4.78 is 0. The van der Waals surface area contributed by atoms with Crippen molar-refractivity contribution in [1.29, 1.82) is 0 Å². The third kappa shape index (κ3) is 13.7. The SMILES string of the molecule is CC(C)=CCC/C(C)=C/C/C=C/[C@](C)(O)CCC=C(C)C. The second-order valence-electron chi connectivity index (χ2n) is 6.69. The highest BCUT2D eigenvalue weighted by atomic mass is 16.3. The van der Waals surface area contributed by atoms with Gasteiger partial charge in [0, 0.05) is 0 Å². The smallest absolute Gasteiger partial charge is 0.0802 e. The normalized spacial score (nSPS) is 14.9. The van der Waals surface area contributed by atoms with Crippen molar-refractivity contribution in [3.8, 4) is 0 Å². The van der Waals surface area contributed by atoms with Crippen LogP contribution in [0.15, 0.2) is 47.1 Å². The Balaban J connectivity index is 4.12. The Kier molecular flexibility index (Phi) is 10.1.